The summed E-state index contributed by atoms with van der Waals surface area (Å²) in [4.78, 5) is 8.19. The Balaban J connectivity index is 2.29. The lowest BCUT2D eigenvalue weighted by Gasteiger charge is -2.02. The average molecular weight is 178 g/mol. The van der Waals surface area contributed by atoms with Gasteiger partial charge in [-0.2, -0.15) is 0 Å². The van der Waals surface area contributed by atoms with E-state index in [2.05, 4.69) is 9.98 Å². The predicted octanol–water partition coefficient (Wildman–Crippen LogP) is 0.867. The summed E-state index contributed by atoms with van der Waals surface area (Å²) in [7, 11) is 1.59. The first-order valence-corrected chi connectivity index (χ1v) is 4.08. The van der Waals surface area contributed by atoms with E-state index in [-0.39, 0.29) is 0 Å². The zero-order valence-corrected chi connectivity index (χ0v) is 7.36. The van der Waals surface area contributed by atoms with Gasteiger partial charge in [0, 0.05) is 17.8 Å². The normalized spacial score (nSPS) is 15.0. The van der Waals surface area contributed by atoms with Gasteiger partial charge >= 0.3 is 0 Å². The molecule has 0 atom stereocenters. The minimum Gasteiger partial charge on any atom is -0.481 e. The summed E-state index contributed by atoms with van der Waals surface area (Å²) in [5, 5.41) is 0. The van der Waals surface area contributed by atoms with E-state index in [1.54, 1.807) is 13.3 Å². The molecule has 0 aliphatic carbocycles. The van der Waals surface area contributed by atoms with Crippen molar-refractivity contribution < 1.29 is 9.47 Å². The monoisotopic (exact) mass is 178 g/mol. The van der Waals surface area contributed by atoms with Crippen LogP contribution >= 0.6 is 0 Å². The summed E-state index contributed by atoms with van der Waals surface area (Å²) >= 11 is 0. The van der Waals surface area contributed by atoms with Crippen molar-refractivity contribution in [2.75, 3.05) is 20.3 Å². The van der Waals surface area contributed by atoms with Crippen LogP contribution in [0.2, 0.25) is 0 Å². The van der Waals surface area contributed by atoms with Crippen molar-refractivity contribution in [1.82, 2.24) is 4.98 Å². The Labute approximate surface area is 76.2 Å². The summed E-state index contributed by atoms with van der Waals surface area (Å²) in [5.41, 5.74) is 0.921. The van der Waals surface area contributed by atoms with Crippen LogP contribution in [0.25, 0.3) is 0 Å². The maximum atomic E-state index is 5.31. The lowest BCUT2D eigenvalue weighted by atomic mass is 10.2. The number of nitrogens with zero attached hydrogens (tertiary/aromatic N) is 2. The minimum absolute atomic E-state index is 0.579. The number of ether oxygens (including phenoxy) is 2. The minimum atomic E-state index is 0.579. The average Bonchev–Trinajstić information content (AvgIpc) is 2.71. The maximum Gasteiger partial charge on any atom is 0.216 e. The fourth-order valence-corrected chi connectivity index (χ4v) is 1.16. The smallest absolute Gasteiger partial charge is 0.216 e. The van der Waals surface area contributed by atoms with Crippen LogP contribution in [-0.2, 0) is 4.74 Å². The highest BCUT2D eigenvalue weighted by Gasteiger charge is 2.10. The largest absolute Gasteiger partial charge is 0.481 e. The third-order valence-corrected chi connectivity index (χ3v) is 1.78. The molecule has 2 rings (SSSR count). The predicted molar refractivity (Wildman–Crippen MR) is 48.1 cm³/mol. The van der Waals surface area contributed by atoms with Gasteiger partial charge < -0.3 is 9.47 Å². The van der Waals surface area contributed by atoms with Gasteiger partial charge in [-0.3, -0.25) is 0 Å². The molecular formula is C9H10N2O2. The van der Waals surface area contributed by atoms with Crippen molar-refractivity contribution >= 4 is 5.90 Å². The van der Waals surface area contributed by atoms with Gasteiger partial charge in [-0.05, 0) is 6.07 Å². The summed E-state index contributed by atoms with van der Waals surface area (Å²) < 4.78 is 10.3. The van der Waals surface area contributed by atoms with E-state index in [0.717, 1.165) is 12.1 Å². The van der Waals surface area contributed by atoms with Crippen LogP contribution in [0.3, 0.4) is 0 Å². The van der Waals surface area contributed by atoms with E-state index < -0.39 is 0 Å². The van der Waals surface area contributed by atoms with Crippen LogP contribution < -0.4 is 4.74 Å². The van der Waals surface area contributed by atoms with E-state index in [1.165, 1.54) is 0 Å². The number of aliphatic imine (C=N–C) groups is 1. The fourth-order valence-electron chi connectivity index (χ4n) is 1.16. The highest BCUT2D eigenvalue weighted by molar-refractivity contribution is 5.95. The standard InChI is InChI=1S/C9H10N2O2/c1-12-8-6-7(2-3-10-8)9-11-4-5-13-9/h2-3,6H,4-5H2,1H3. The van der Waals surface area contributed by atoms with Crippen LogP contribution in [0.5, 0.6) is 5.88 Å². The fraction of sp³-hybridized carbons (Fsp3) is 0.333. The number of aromatic nitrogens is 1. The van der Waals surface area contributed by atoms with Crippen molar-refractivity contribution in [2.45, 2.75) is 0 Å². The van der Waals surface area contributed by atoms with Crippen LogP contribution in [0.1, 0.15) is 5.56 Å². The first-order valence-electron chi connectivity index (χ1n) is 4.08. The molecule has 13 heavy (non-hydrogen) atoms. The number of rotatable bonds is 2. The molecule has 0 spiro atoms. The number of hydrogen-bond donors (Lipinski definition) is 0. The van der Waals surface area contributed by atoms with Gasteiger partial charge in [0.05, 0.1) is 13.7 Å². The molecule has 0 saturated heterocycles. The molecule has 0 radical (unpaired) electrons. The molecule has 0 amide bonds. The van der Waals surface area contributed by atoms with Gasteiger partial charge in [-0.25, -0.2) is 9.98 Å². The Morgan fingerprint density at radius 3 is 3.15 bits per heavy atom. The quantitative estimate of drug-likeness (QED) is 0.674. The molecule has 1 aliphatic heterocycles. The molecule has 0 fully saturated rings. The SMILES string of the molecule is COc1cc(C2=NCCO2)ccn1. The van der Waals surface area contributed by atoms with Gasteiger partial charge in [-0.1, -0.05) is 0 Å². The van der Waals surface area contributed by atoms with Crippen molar-refractivity contribution in [3.05, 3.63) is 23.9 Å². The Morgan fingerprint density at radius 1 is 1.54 bits per heavy atom. The van der Waals surface area contributed by atoms with Crippen LogP contribution in [-0.4, -0.2) is 31.1 Å². The Morgan fingerprint density at radius 2 is 2.46 bits per heavy atom. The highest BCUT2D eigenvalue weighted by Crippen LogP contribution is 2.12. The van der Waals surface area contributed by atoms with E-state index in [1.807, 2.05) is 12.1 Å². The maximum absolute atomic E-state index is 5.31. The third-order valence-electron chi connectivity index (χ3n) is 1.78. The van der Waals surface area contributed by atoms with Crippen LogP contribution in [0.15, 0.2) is 23.3 Å². The topological polar surface area (TPSA) is 43.7 Å². The molecule has 0 bridgehead atoms. The number of pyridine rings is 1. The Kier molecular flexibility index (Phi) is 2.12. The van der Waals surface area contributed by atoms with Crippen molar-refractivity contribution in [1.29, 1.82) is 0 Å². The summed E-state index contributed by atoms with van der Waals surface area (Å²) in [6, 6.07) is 3.66. The summed E-state index contributed by atoms with van der Waals surface area (Å²) in [6.07, 6.45) is 1.68. The van der Waals surface area contributed by atoms with E-state index in [0.29, 0.717) is 18.4 Å². The van der Waals surface area contributed by atoms with Crippen LogP contribution in [0, 0.1) is 0 Å². The van der Waals surface area contributed by atoms with E-state index in [4.69, 9.17) is 9.47 Å². The van der Waals surface area contributed by atoms with Gasteiger partial charge in [0.1, 0.15) is 6.61 Å². The third kappa shape index (κ3) is 1.61. The molecule has 0 aromatic carbocycles. The molecule has 2 heterocycles. The lowest BCUT2D eigenvalue weighted by Crippen LogP contribution is -2.01. The Bertz CT molecular complexity index is 336. The first-order chi connectivity index (χ1) is 6.40. The zero-order valence-electron chi connectivity index (χ0n) is 7.36. The molecular weight excluding hydrogens is 168 g/mol. The van der Waals surface area contributed by atoms with Gasteiger partial charge in [0.25, 0.3) is 0 Å². The van der Waals surface area contributed by atoms with Crippen LogP contribution in [0.4, 0.5) is 0 Å². The Hall–Kier alpha value is -1.58. The van der Waals surface area contributed by atoms with E-state index in [9.17, 15) is 0 Å². The second kappa shape index (κ2) is 3.43. The van der Waals surface area contributed by atoms with E-state index >= 15 is 0 Å². The molecule has 0 unspecified atom stereocenters. The molecule has 68 valence electrons. The molecule has 4 nitrogen and oxygen atoms in total. The number of methoxy groups -OCH3 is 1. The highest BCUT2D eigenvalue weighted by atomic mass is 16.5. The molecule has 1 aromatic rings. The second-order valence-corrected chi connectivity index (χ2v) is 2.62. The molecule has 0 N–H and O–H groups in total. The van der Waals surface area contributed by atoms with Gasteiger partial charge in [0.15, 0.2) is 0 Å². The molecule has 1 aliphatic rings. The van der Waals surface area contributed by atoms with Gasteiger partial charge in [-0.15, -0.1) is 0 Å². The number of hydrogen-bond acceptors (Lipinski definition) is 4. The summed E-state index contributed by atoms with van der Waals surface area (Å²) in [6.45, 7) is 1.40. The lowest BCUT2D eigenvalue weighted by molar-refractivity contribution is 0.348. The first kappa shape index (κ1) is 8.04. The molecule has 1 aromatic heterocycles. The zero-order chi connectivity index (χ0) is 9.10. The molecule has 0 saturated carbocycles. The van der Waals surface area contributed by atoms with Crippen molar-refractivity contribution in [3.63, 3.8) is 0 Å². The second-order valence-electron chi connectivity index (χ2n) is 2.62. The van der Waals surface area contributed by atoms with Gasteiger partial charge in [0.2, 0.25) is 11.8 Å². The van der Waals surface area contributed by atoms with Crippen molar-refractivity contribution in [2.24, 2.45) is 4.99 Å². The summed E-state index contributed by atoms with van der Waals surface area (Å²) in [5.74, 6) is 1.26. The van der Waals surface area contributed by atoms with Crippen molar-refractivity contribution in [3.8, 4) is 5.88 Å². The molecule has 4 heteroatoms.